The first kappa shape index (κ1) is 12.5. The molecule has 1 amide bonds. The number of carbonyl (C=O) groups excluding carboxylic acids is 1. The third-order valence-electron chi connectivity index (χ3n) is 4.23. The zero-order valence-corrected chi connectivity index (χ0v) is 12.0. The molecule has 2 unspecified atom stereocenters. The Morgan fingerprint density at radius 3 is 2.32 bits per heavy atom. The predicted molar refractivity (Wildman–Crippen MR) is 77.1 cm³/mol. The van der Waals surface area contributed by atoms with E-state index in [1.807, 2.05) is 26.8 Å². The van der Waals surface area contributed by atoms with Gasteiger partial charge in [-0.05, 0) is 18.6 Å². The summed E-state index contributed by atoms with van der Waals surface area (Å²) in [5.41, 5.74) is 1.03. The highest BCUT2D eigenvalue weighted by atomic mass is 16.2. The first-order chi connectivity index (χ1) is 8.97. The summed E-state index contributed by atoms with van der Waals surface area (Å²) < 4.78 is 0. The van der Waals surface area contributed by atoms with Gasteiger partial charge in [0.2, 0.25) is 5.91 Å². The van der Waals surface area contributed by atoms with E-state index in [2.05, 4.69) is 34.1 Å². The second-order valence-corrected chi connectivity index (χ2v) is 6.74. The number of anilines is 1. The molecule has 2 heterocycles. The lowest BCUT2D eigenvalue weighted by atomic mass is 9.94. The van der Waals surface area contributed by atoms with Crippen molar-refractivity contribution in [2.24, 2.45) is 5.41 Å². The largest absolute Gasteiger partial charge is 0.365 e. The van der Waals surface area contributed by atoms with E-state index >= 15 is 0 Å². The van der Waals surface area contributed by atoms with Gasteiger partial charge >= 0.3 is 0 Å². The summed E-state index contributed by atoms with van der Waals surface area (Å²) in [5.74, 6) is 0.299. The SMILES string of the molecule is CC(C)(C)C(=O)N1CC2CC1CN2c1ccccc1. The molecule has 1 aromatic rings. The molecule has 1 aromatic carbocycles. The van der Waals surface area contributed by atoms with Gasteiger partial charge < -0.3 is 9.80 Å². The predicted octanol–water partition coefficient (Wildman–Crippen LogP) is 2.52. The maximum absolute atomic E-state index is 12.4. The molecule has 0 aliphatic carbocycles. The van der Waals surface area contributed by atoms with Crippen LogP contribution in [0.5, 0.6) is 0 Å². The van der Waals surface area contributed by atoms with Crippen LogP contribution in [-0.4, -0.2) is 36.0 Å². The maximum atomic E-state index is 12.4. The molecule has 0 N–H and O–H groups in total. The lowest BCUT2D eigenvalue weighted by Crippen LogP contribution is -2.51. The summed E-state index contributed by atoms with van der Waals surface area (Å²) in [6.07, 6.45) is 1.12. The number of rotatable bonds is 1. The molecular weight excluding hydrogens is 236 g/mol. The van der Waals surface area contributed by atoms with E-state index in [-0.39, 0.29) is 5.41 Å². The van der Waals surface area contributed by atoms with Crippen LogP contribution in [0.25, 0.3) is 0 Å². The molecule has 0 radical (unpaired) electrons. The number of carbonyl (C=O) groups is 1. The van der Waals surface area contributed by atoms with Crippen LogP contribution in [0.3, 0.4) is 0 Å². The lowest BCUT2D eigenvalue weighted by Gasteiger charge is -2.38. The van der Waals surface area contributed by atoms with Crippen LogP contribution in [-0.2, 0) is 4.79 Å². The quantitative estimate of drug-likeness (QED) is 0.773. The van der Waals surface area contributed by atoms with E-state index in [9.17, 15) is 4.79 Å². The molecule has 19 heavy (non-hydrogen) atoms. The number of para-hydroxylation sites is 1. The topological polar surface area (TPSA) is 23.6 Å². The Labute approximate surface area is 115 Å². The fraction of sp³-hybridized carbons (Fsp3) is 0.562. The smallest absolute Gasteiger partial charge is 0.228 e. The molecule has 2 bridgehead atoms. The van der Waals surface area contributed by atoms with E-state index in [1.165, 1.54) is 5.69 Å². The van der Waals surface area contributed by atoms with Crippen molar-refractivity contribution in [1.82, 2.24) is 4.90 Å². The molecule has 3 heteroatoms. The highest BCUT2D eigenvalue weighted by Crippen LogP contribution is 2.36. The lowest BCUT2D eigenvalue weighted by molar-refractivity contribution is -0.140. The van der Waals surface area contributed by atoms with Crippen molar-refractivity contribution in [2.45, 2.75) is 39.3 Å². The van der Waals surface area contributed by atoms with Crippen molar-refractivity contribution in [3.8, 4) is 0 Å². The number of hydrogen-bond acceptors (Lipinski definition) is 2. The van der Waals surface area contributed by atoms with Gasteiger partial charge in [-0.2, -0.15) is 0 Å². The molecule has 0 spiro atoms. The molecule has 2 atom stereocenters. The van der Waals surface area contributed by atoms with Crippen LogP contribution in [0.4, 0.5) is 5.69 Å². The minimum atomic E-state index is -0.262. The molecule has 2 saturated heterocycles. The van der Waals surface area contributed by atoms with Gasteiger partial charge in [-0.25, -0.2) is 0 Å². The highest BCUT2D eigenvalue weighted by molar-refractivity contribution is 5.82. The van der Waals surface area contributed by atoms with Crippen LogP contribution in [0.2, 0.25) is 0 Å². The van der Waals surface area contributed by atoms with Gasteiger partial charge in [-0.1, -0.05) is 39.0 Å². The number of likely N-dealkylation sites (tertiary alicyclic amines) is 1. The number of amides is 1. The first-order valence-electron chi connectivity index (χ1n) is 7.09. The normalized spacial score (nSPS) is 26.1. The fourth-order valence-corrected chi connectivity index (χ4v) is 3.28. The Kier molecular flexibility index (Phi) is 2.80. The second-order valence-electron chi connectivity index (χ2n) is 6.74. The number of hydrogen-bond donors (Lipinski definition) is 0. The third-order valence-corrected chi connectivity index (χ3v) is 4.23. The molecule has 0 aromatic heterocycles. The average molecular weight is 258 g/mol. The molecule has 2 aliphatic rings. The van der Waals surface area contributed by atoms with Crippen molar-refractivity contribution in [3.05, 3.63) is 30.3 Å². The van der Waals surface area contributed by atoms with E-state index in [4.69, 9.17) is 0 Å². The van der Waals surface area contributed by atoms with Crippen molar-refractivity contribution in [2.75, 3.05) is 18.0 Å². The third kappa shape index (κ3) is 2.11. The van der Waals surface area contributed by atoms with Gasteiger partial charge in [-0.3, -0.25) is 4.79 Å². The van der Waals surface area contributed by atoms with Gasteiger partial charge in [0.15, 0.2) is 0 Å². The first-order valence-corrected chi connectivity index (χ1v) is 7.09. The summed E-state index contributed by atoms with van der Waals surface area (Å²) in [5, 5.41) is 0. The zero-order valence-electron chi connectivity index (χ0n) is 12.0. The van der Waals surface area contributed by atoms with Crippen LogP contribution < -0.4 is 4.90 Å². The van der Waals surface area contributed by atoms with Crippen molar-refractivity contribution >= 4 is 11.6 Å². The minimum absolute atomic E-state index is 0.262. The highest BCUT2D eigenvalue weighted by Gasteiger charge is 2.47. The van der Waals surface area contributed by atoms with Gasteiger partial charge in [-0.15, -0.1) is 0 Å². The Hall–Kier alpha value is -1.51. The number of benzene rings is 1. The van der Waals surface area contributed by atoms with Crippen molar-refractivity contribution in [3.63, 3.8) is 0 Å². The number of fused-ring (bicyclic) bond motifs is 2. The Morgan fingerprint density at radius 1 is 1.11 bits per heavy atom. The van der Waals surface area contributed by atoms with E-state index in [1.54, 1.807) is 0 Å². The molecule has 3 rings (SSSR count). The molecule has 0 saturated carbocycles. The van der Waals surface area contributed by atoms with Crippen molar-refractivity contribution in [1.29, 1.82) is 0 Å². The monoisotopic (exact) mass is 258 g/mol. The van der Waals surface area contributed by atoms with Gasteiger partial charge in [0, 0.05) is 30.2 Å². The van der Waals surface area contributed by atoms with E-state index in [0.717, 1.165) is 19.5 Å². The van der Waals surface area contributed by atoms with Crippen LogP contribution >= 0.6 is 0 Å². The zero-order chi connectivity index (χ0) is 13.6. The number of nitrogens with zero attached hydrogens (tertiary/aromatic N) is 2. The summed E-state index contributed by atoms with van der Waals surface area (Å²) in [6, 6.07) is 11.4. The molecule has 102 valence electrons. The van der Waals surface area contributed by atoms with Gasteiger partial charge in [0.25, 0.3) is 0 Å². The van der Waals surface area contributed by atoms with Gasteiger partial charge in [0.1, 0.15) is 0 Å². The summed E-state index contributed by atoms with van der Waals surface area (Å²) >= 11 is 0. The maximum Gasteiger partial charge on any atom is 0.228 e. The van der Waals surface area contributed by atoms with Crippen LogP contribution in [0, 0.1) is 5.41 Å². The Balaban J connectivity index is 1.74. The molecule has 2 fully saturated rings. The average Bonchev–Trinajstić information content (AvgIpc) is 2.97. The second kappa shape index (κ2) is 4.26. The molecular formula is C16H22N2O. The van der Waals surface area contributed by atoms with Gasteiger partial charge in [0.05, 0.1) is 6.04 Å². The van der Waals surface area contributed by atoms with Crippen LogP contribution in [0.1, 0.15) is 27.2 Å². The molecule has 2 aliphatic heterocycles. The van der Waals surface area contributed by atoms with E-state index < -0.39 is 0 Å². The fourth-order valence-electron chi connectivity index (χ4n) is 3.28. The summed E-state index contributed by atoms with van der Waals surface area (Å²) in [7, 11) is 0. The standard InChI is InChI=1S/C16H22N2O/c1-16(2,3)15(19)18-11-13-9-14(18)10-17(13)12-7-5-4-6-8-12/h4-8,13-14H,9-11H2,1-3H3. The molecule has 3 nitrogen and oxygen atoms in total. The summed E-state index contributed by atoms with van der Waals surface area (Å²) in [4.78, 5) is 17.0. The summed E-state index contributed by atoms with van der Waals surface area (Å²) in [6.45, 7) is 7.90. The Bertz CT molecular complexity index is 477. The van der Waals surface area contributed by atoms with Crippen LogP contribution in [0.15, 0.2) is 30.3 Å². The van der Waals surface area contributed by atoms with E-state index in [0.29, 0.717) is 18.0 Å². The Morgan fingerprint density at radius 2 is 1.79 bits per heavy atom. The number of piperazine rings is 1. The minimum Gasteiger partial charge on any atom is -0.365 e. The van der Waals surface area contributed by atoms with Crippen molar-refractivity contribution < 1.29 is 4.79 Å².